The topological polar surface area (TPSA) is 84.1 Å². The van der Waals surface area contributed by atoms with E-state index in [1.165, 1.54) is 6.20 Å². The third-order valence-electron chi connectivity index (χ3n) is 2.03. The Morgan fingerprint density at radius 2 is 2.40 bits per heavy atom. The Balaban J connectivity index is 2.53. The zero-order valence-electron chi connectivity index (χ0n) is 8.57. The van der Waals surface area contributed by atoms with Crippen LogP contribution in [0.4, 0.5) is 11.5 Å². The van der Waals surface area contributed by atoms with Gasteiger partial charge in [0.1, 0.15) is 0 Å². The minimum Gasteiger partial charge on any atom is -0.396 e. The number of aliphatic hydroxyl groups is 1. The lowest BCUT2D eigenvalue weighted by Crippen LogP contribution is -2.14. The first-order valence-corrected chi connectivity index (χ1v) is 5.14. The summed E-state index contributed by atoms with van der Waals surface area (Å²) in [6.45, 7) is 2.91. The van der Waals surface area contributed by atoms with E-state index in [-0.39, 0.29) is 11.9 Å². The van der Waals surface area contributed by atoms with E-state index in [0.717, 1.165) is 6.42 Å². The fourth-order valence-electron chi connectivity index (χ4n) is 1.10. The first-order chi connectivity index (χ1) is 7.13. The molecule has 0 spiro atoms. The van der Waals surface area contributed by atoms with Gasteiger partial charge in [-0.05, 0) is 23.9 Å². The molecule has 5 nitrogen and oxygen atoms in total. The molecule has 1 heterocycles. The maximum Gasteiger partial charge on any atom is 0.224 e. The molecule has 0 radical (unpaired) electrons. The van der Waals surface area contributed by atoms with Crippen molar-refractivity contribution in [3.63, 3.8) is 0 Å². The van der Waals surface area contributed by atoms with E-state index in [1.54, 1.807) is 0 Å². The first kappa shape index (κ1) is 12.0. The van der Waals surface area contributed by atoms with E-state index in [4.69, 9.17) is 22.4 Å². The van der Waals surface area contributed by atoms with Gasteiger partial charge >= 0.3 is 0 Å². The second-order valence-corrected chi connectivity index (χ2v) is 3.78. The van der Waals surface area contributed by atoms with Crippen molar-refractivity contribution in [1.29, 1.82) is 0 Å². The molecule has 1 unspecified atom stereocenters. The van der Waals surface area contributed by atoms with Crippen molar-refractivity contribution in [2.45, 2.75) is 13.3 Å². The number of aromatic nitrogens is 2. The third-order valence-corrected chi connectivity index (χ3v) is 2.21. The van der Waals surface area contributed by atoms with Crippen LogP contribution in [0, 0.1) is 5.92 Å². The Kier molecular flexibility index (Phi) is 4.58. The number of hydrogen-bond acceptors (Lipinski definition) is 5. The van der Waals surface area contributed by atoms with Gasteiger partial charge in [0.05, 0.1) is 11.9 Å². The van der Waals surface area contributed by atoms with Crippen molar-refractivity contribution in [2.24, 2.45) is 5.92 Å². The fourth-order valence-corrected chi connectivity index (χ4v) is 1.24. The van der Waals surface area contributed by atoms with Gasteiger partial charge < -0.3 is 16.2 Å². The molecule has 0 saturated heterocycles. The van der Waals surface area contributed by atoms with Crippen LogP contribution in [0.3, 0.4) is 0 Å². The van der Waals surface area contributed by atoms with Gasteiger partial charge in [0.15, 0.2) is 5.82 Å². The summed E-state index contributed by atoms with van der Waals surface area (Å²) in [6.07, 6.45) is 2.21. The molecule has 1 aromatic rings. The molecule has 0 aromatic carbocycles. The molecule has 1 rings (SSSR count). The number of hydrogen-bond donors (Lipinski definition) is 3. The Bertz CT molecular complexity index is 321. The van der Waals surface area contributed by atoms with Gasteiger partial charge in [-0.1, -0.05) is 6.92 Å². The molecular formula is C9H15ClN4O. The minimum absolute atomic E-state index is 0.168. The van der Waals surface area contributed by atoms with Gasteiger partial charge in [-0.15, -0.1) is 0 Å². The van der Waals surface area contributed by atoms with Gasteiger partial charge in [0, 0.05) is 13.2 Å². The minimum atomic E-state index is 0.168. The number of nitrogen functional groups attached to an aromatic ring is 1. The summed E-state index contributed by atoms with van der Waals surface area (Å²) in [4.78, 5) is 7.71. The lowest BCUT2D eigenvalue weighted by atomic mass is 10.1. The van der Waals surface area contributed by atoms with Crippen LogP contribution in [0.5, 0.6) is 0 Å². The highest BCUT2D eigenvalue weighted by atomic mass is 35.5. The van der Waals surface area contributed by atoms with E-state index in [2.05, 4.69) is 15.3 Å². The molecule has 6 heteroatoms. The number of anilines is 2. The highest BCUT2D eigenvalue weighted by molar-refractivity contribution is 6.28. The summed E-state index contributed by atoms with van der Waals surface area (Å²) in [7, 11) is 0. The highest BCUT2D eigenvalue weighted by Gasteiger charge is 2.05. The maximum absolute atomic E-state index is 8.73. The number of aliphatic hydroxyl groups excluding tert-OH is 1. The standard InChI is InChI=1S/C9H15ClN4O/c1-6(2-3-15)4-12-8-7(11)5-13-9(10)14-8/h5-6,15H,2-4,11H2,1H3,(H,12,13,14). The predicted octanol–water partition coefficient (Wildman–Crippen LogP) is 1.14. The molecule has 1 aromatic heterocycles. The van der Waals surface area contributed by atoms with Crippen molar-refractivity contribution in [2.75, 3.05) is 24.2 Å². The van der Waals surface area contributed by atoms with Crippen LogP contribution in [0.15, 0.2) is 6.20 Å². The van der Waals surface area contributed by atoms with E-state index < -0.39 is 0 Å². The van der Waals surface area contributed by atoms with Crippen LogP contribution in [-0.4, -0.2) is 28.2 Å². The van der Waals surface area contributed by atoms with E-state index in [0.29, 0.717) is 24.0 Å². The van der Waals surface area contributed by atoms with Gasteiger partial charge in [-0.2, -0.15) is 4.98 Å². The van der Waals surface area contributed by atoms with Crippen molar-refractivity contribution in [3.05, 3.63) is 11.5 Å². The van der Waals surface area contributed by atoms with Gasteiger partial charge in [-0.25, -0.2) is 4.98 Å². The van der Waals surface area contributed by atoms with Crippen LogP contribution in [0.25, 0.3) is 0 Å². The average Bonchev–Trinajstić information content (AvgIpc) is 2.20. The monoisotopic (exact) mass is 230 g/mol. The lowest BCUT2D eigenvalue weighted by Gasteiger charge is -2.12. The molecule has 0 aliphatic carbocycles. The highest BCUT2D eigenvalue weighted by Crippen LogP contribution is 2.16. The van der Waals surface area contributed by atoms with Crippen LogP contribution in [0.1, 0.15) is 13.3 Å². The third kappa shape index (κ3) is 3.89. The Hall–Kier alpha value is -1.07. The average molecular weight is 231 g/mol. The van der Waals surface area contributed by atoms with Crippen LogP contribution in [0.2, 0.25) is 5.28 Å². The molecule has 0 saturated carbocycles. The van der Waals surface area contributed by atoms with Crippen molar-refractivity contribution in [3.8, 4) is 0 Å². The summed E-state index contributed by atoms with van der Waals surface area (Å²) in [5, 5.41) is 12.0. The number of rotatable bonds is 5. The summed E-state index contributed by atoms with van der Waals surface area (Å²) in [5.41, 5.74) is 6.12. The quantitative estimate of drug-likeness (QED) is 0.661. The number of nitrogens with one attached hydrogen (secondary N) is 1. The van der Waals surface area contributed by atoms with Gasteiger partial charge in [0.2, 0.25) is 5.28 Å². The zero-order valence-corrected chi connectivity index (χ0v) is 9.33. The molecule has 0 bridgehead atoms. The van der Waals surface area contributed by atoms with Crippen LogP contribution >= 0.6 is 11.6 Å². The van der Waals surface area contributed by atoms with Gasteiger partial charge in [-0.3, -0.25) is 0 Å². The van der Waals surface area contributed by atoms with E-state index in [1.807, 2.05) is 6.92 Å². The van der Waals surface area contributed by atoms with Crippen molar-refractivity contribution < 1.29 is 5.11 Å². The largest absolute Gasteiger partial charge is 0.396 e. The van der Waals surface area contributed by atoms with E-state index in [9.17, 15) is 0 Å². The SMILES string of the molecule is CC(CCO)CNc1nc(Cl)ncc1N. The fraction of sp³-hybridized carbons (Fsp3) is 0.556. The molecule has 0 amide bonds. The molecule has 0 aliphatic rings. The summed E-state index contributed by atoms with van der Waals surface area (Å²) < 4.78 is 0. The Morgan fingerprint density at radius 1 is 1.67 bits per heavy atom. The summed E-state index contributed by atoms with van der Waals surface area (Å²) >= 11 is 5.64. The summed E-state index contributed by atoms with van der Waals surface area (Å²) in [6, 6.07) is 0. The number of nitrogens with two attached hydrogens (primary N) is 1. The smallest absolute Gasteiger partial charge is 0.224 e. The molecule has 4 N–H and O–H groups in total. The molecule has 15 heavy (non-hydrogen) atoms. The van der Waals surface area contributed by atoms with Crippen LogP contribution < -0.4 is 11.1 Å². The van der Waals surface area contributed by atoms with Gasteiger partial charge in [0.25, 0.3) is 0 Å². The first-order valence-electron chi connectivity index (χ1n) is 4.76. The second kappa shape index (κ2) is 5.72. The summed E-state index contributed by atoms with van der Waals surface area (Å²) in [5.74, 6) is 0.892. The predicted molar refractivity (Wildman–Crippen MR) is 60.8 cm³/mol. The maximum atomic E-state index is 8.73. The Labute approximate surface area is 93.7 Å². The number of halogens is 1. The molecular weight excluding hydrogens is 216 g/mol. The normalized spacial score (nSPS) is 12.5. The molecule has 0 aliphatic heterocycles. The second-order valence-electron chi connectivity index (χ2n) is 3.44. The molecule has 1 atom stereocenters. The number of nitrogens with zero attached hydrogens (tertiary/aromatic N) is 2. The van der Waals surface area contributed by atoms with Crippen molar-refractivity contribution in [1.82, 2.24) is 9.97 Å². The molecule has 84 valence electrons. The molecule has 0 fully saturated rings. The van der Waals surface area contributed by atoms with Crippen molar-refractivity contribution >= 4 is 23.1 Å². The lowest BCUT2D eigenvalue weighted by molar-refractivity contribution is 0.266. The van der Waals surface area contributed by atoms with E-state index >= 15 is 0 Å². The van der Waals surface area contributed by atoms with Crippen LogP contribution in [-0.2, 0) is 0 Å². The zero-order chi connectivity index (χ0) is 11.3. The Morgan fingerprint density at radius 3 is 3.07 bits per heavy atom.